The lowest BCUT2D eigenvalue weighted by atomic mass is 10.1. The number of ether oxygens (including phenoxy) is 3. The van der Waals surface area contributed by atoms with E-state index >= 15 is 0 Å². The summed E-state index contributed by atoms with van der Waals surface area (Å²) in [5.41, 5.74) is 4.38. The number of anilines is 1. The fourth-order valence-electron chi connectivity index (χ4n) is 3.40. The first-order chi connectivity index (χ1) is 12.7. The van der Waals surface area contributed by atoms with Crippen molar-refractivity contribution in [1.29, 1.82) is 0 Å². The normalized spacial score (nSPS) is 15.0. The SMILES string of the molecule is COc1cc(/C=C/C(=O)Nc2ccc3c(c2)CCC3)cc2c1OCCO2. The zero-order valence-corrected chi connectivity index (χ0v) is 14.7. The highest BCUT2D eigenvalue weighted by molar-refractivity contribution is 6.02. The fraction of sp³-hybridized carbons (Fsp3) is 0.286. The van der Waals surface area contributed by atoms with Gasteiger partial charge in [-0.25, -0.2) is 0 Å². The smallest absolute Gasteiger partial charge is 0.248 e. The van der Waals surface area contributed by atoms with Crippen LogP contribution in [0.15, 0.2) is 36.4 Å². The molecule has 2 aliphatic rings. The molecule has 0 unspecified atom stereocenters. The van der Waals surface area contributed by atoms with Crippen LogP contribution in [0.2, 0.25) is 0 Å². The molecule has 0 aromatic heterocycles. The van der Waals surface area contributed by atoms with Gasteiger partial charge in [0.05, 0.1) is 7.11 Å². The third-order valence-corrected chi connectivity index (χ3v) is 4.64. The molecular weight excluding hydrogens is 330 g/mol. The molecule has 134 valence electrons. The van der Waals surface area contributed by atoms with Crippen molar-refractivity contribution >= 4 is 17.7 Å². The van der Waals surface area contributed by atoms with E-state index in [1.807, 2.05) is 18.2 Å². The molecule has 5 nitrogen and oxygen atoms in total. The van der Waals surface area contributed by atoms with E-state index in [-0.39, 0.29) is 5.91 Å². The van der Waals surface area contributed by atoms with Crippen LogP contribution in [0.3, 0.4) is 0 Å². The van der Waals surface area contributed by atoms with Crippen LogP contribution in [0, 0.1) is 0 Å². The highest BCUT2D eigenvalue weighted by Gasteiger charge is 2.18. The minimum Gasteiger partial charge on any atom is -0.493 e. The number of amides is 1. The van der Waals surface area contributed by atoms with Crippen LogP contribution in [-0.2, 0) is 17.6 Å². The maximum atomic E-state index is 12.2. The van der Waals surface area contributed by atoms with Gasteiger partial charge in [0.1, 0.15) is 13.2 Å². The predicted molar refractivity (Wildman–Crippen MR) is 100 cm³/mol. The molecule has 0 spiro atoms. The summed E-state index contributed by atoms with van der Waals surface area (Å²) in [7, 11) is 1.58. The molecule has 1 heterocycles. The van der Waals surface area contributed by atoms with Crippen LogP contribution >= 0.6 is 0 Å². The number of carbonyl (C=O) groups excluding carboxylic acids is 1. The average Bonchev–Trinajstić information content (AvgIpc) is 3.13. The molecule has 0 radical (unpaired) electrons. The molecule has 1 aliphatic carbocycles. The molecule has 26 heavy (non-hydrogen) atoms. The Labute approximate surface area is 152 Å². The number of hydrogen-bond acceptors (Lipinski definition) is 4. The molecule has 2 aromatic rings. The molecule has 0 atom stereocenters. The van der Waals surface area contributed by atoms with Crippen molar-refractivity contribution in [3.63, 3.8) is 0 Å². The molecule has 4 rings (SSSR count). The zero-order chi connectivity index (χ0) is 17.9. The van der Waals surface area contributed by atoms with Crippen molar-refractivity contribution in [2.24, 2.45) is 0 Å². The van der Waals surface area contributed by atoms with Gasteiger partial charge in [-0.1, -0.05) is 6.07 Å². The zero-order valence-electron chi connectivity index (χ0n) is 14.7. The summed E-state index contributed by atoms with van der Waals surface area (Å²) >= 11 is 0. The van der Waals surface area contributed by atoms with Crippen LogP contribution in [0.25, 0.3) is 6.08 Å². The number of methoxy groups -OCH3 is 1. The fourth-order valence-corrected chi connectivity index (χ4v) is 3.40. The molecule has 0 fully saturated rings. The Balaban J connectivity index is 1.48. The standard InChI is InChI=1S/C21H21NO4/c1-24-18-11-14(12-19-21(18)26-10-9-25-19)5-8-20(23)22-17-7-6-15-3-2-4-16(15)13-17/h5-8,11-13H,2-4,9-10H2,1H3,(H,22,23)/b8-5+. The van der Waals surface area contributed by atoms with Gasteiger partial charge >= 0.3 is 0 Å². The second-order valence-corrected chi connectivity index (χ2v) is 6.41. The lowest BCUT2D eigenvalue weighted by molar-refractivity contribution is -0.111. The predicted octanol–water partition coefficient (Wildman–Crippen LogP) is 3.61. The van der Waals surface area contributed by atoms with Crippen LogP contribution in [-0.4, -0.2) is 26.2 Å². The Hall–Kier alpha value is -2.95. The highest BCUT2D eigenvalue weighted by atomic mass is 16.6. The monoisotopic (exact) mass is 351 g/mol. The van der Waals surface area contributed by atoms with Gasteiger partial charge in [0.15, 0.2) is 11.5 Å². The summed E-state index contributed by atoms with van der Waals surface area (Å²) in [5.74, 6) is 1.67. The summed E-state index contributed by atoms with van der Waals surface area (Å²) in [4.78, 5) is 12.2. The molecule has 1 N–H and O–H groups in total. The van der Waals surface area contributed by atoms with Gasteiger partial charge in [-0.05, 0) is 66.3 Å². The number of hydrogen-bond donors (Lipinski definition) is 1. The van der Waals surface area contributed by atoms with Gasteiger partial charge in [0, 0.05) is 11.8 Å². The van der Waals surface area contributed by atoms with Crippen LogP contribution in [0.1, 0.15) is 23.1 Å². The summed E-state index contributed by atoms with van der Waals surface area (Å²) in [5, 5.41) is 2.92. The summed E-state index contributed by atoms with van der Waals surface area (Å²) in [6.07, 6.45) is 6.67. The van der Waals surface area contributed by atoms with E-state index in [1.165, 1.54) is 23.6 Å². The van der Waals surface area contributed by atoms with Crippen molar-refractivity contribution in [1.82, 2.24) is 0 Å². The maximum Gasteiger partial charge on any atom is 0.248 e. The highest BCUT2D eigenvalue weighted by Crippen LogP contribution is 2.40. The number of rotatable bonds is 4. The van der Waals surface area contributed by atoms with E-state index in [1.54, 1.807) is 13.2 Å². The van der Waals surface area contributed by atoms with Gasteiger partial charge in [0.2, 0.25) is 11.7 Å². The number of aryl methyl sites for hydroxylation is 2. The molecule has 0 saturated heterocycles. The van der Waals surface area contributed by atoms with Crippen molar-refractivity contribution in [2.75, 3.05) is 25.6 Å². The summed E-state index contributed by atoms with van der Waals surface area (Å²) < 4.78 is 16.6. The Morgan fingerprint density at radius 1 is 1.12 bits per heavy atom. The number of carbonyl (C=O) groups is 1. The molecule has 2 aromatic carbocycles. The largest absolute Gasteiger partial charge is 0.493 e. The number of nitrogens with one attached hydrogen (secondary N) is 1. The van der Waals surface area contributed by atoms with Crippen molar-refractivity contribution in [3.8, 4) is 17.2 Å². The van der Waals surface area contributed by atoms with E-state index in [0.29, 0.717) is 30.5 Å². The van der Waals surface area contributed by atoms with Crippen molar-refractivity contribution in [3.05, 3.63) is 53.1 Å². The lowest BCUT2D eigenvalue weighted by Gasteiger charge is -2.20. The molecule has 5 heteroatoms. The third kappa shape index (κ3) is 3.38. The Kier molecular flexibility index (Phi) is 4.52. The average molecular weight is 351 g/mol. The lowest BCUT2D eigenvalue weighted by Crippen LogP contribution is -2.16. The first-order valence-corrected chi connectivity index (χ1v) is 8.81. The van der Waals surface area contributed by atoms with Crippen LogP contribution in [0.5, 0.6) is 17.2 Å². The van der Waals surface area contributed by atoms with E-state index < -0.39 is 0 Å². The Morgan fingerprint density at radius 2 is 1.96 bits per heavy atom. The third-order valence-electron chi connectivity index (χ3n) is 4.64. The van der Waals surface area contributed by atoms with Crippen LogP contribution < -0.4 is 19.5 Å². The molecule has 1 amide bonds. The molecular formula is C21H21NO4. The minimum absolute atomic E-state index is 0.170. The maximum absolute atomic E-state index is 12.2. The van der Waals surface area contributed by atoms with Gasteiger partial charge in [-0.2, -0.15) is 0 Å². The van der Waals surface area contributed by atoms with Crippen molar-refractivity contribution in [2.45, 2.75) is 19.3 Å². The summed E-state index contributed by atoms with van der Waals surface area (Å²) in [6, 6.07) is 9.81. The quantitative estimate of drug-likeness (QED) is 0.855. The molecule has 1 aliphatic heterocycles. The van der Waals surface area contributed by atoms with Gasteiger partial charge in [-0.15, -0.1) is 0 Å². The van der Waals surface area contributed by atoms with E-state index in [9.17, 15) is 4.79 Å². The van der Waals surface area contributed by atoms with Gasteiger partial charge in [-0.3, -0.25) is 4.79 Å². The Morgan fingerprint density at radius 3 is 2.85 bits per heavy atom. The van der Waals surface area contributed by atoms with Gasteiger partial charge < -0.3 is 19.5 Å². The molecule has 0 saturated carbocycles. The first kappa shape index (κ1) is 16.5. The number of fused-ring (bicyclic) bond motifs is 2. The van der Waals surface area contributed by atoms with E-state index in [2.05, 4.69) is 17.4 Å². The van der Waals surface area contributed by atoms with Gasteiger partial charge in [0.25, 0.3) is 0 Å². The van der Waals surface area contributed by atoms with E-state index in [0.717, 1.165) is 24.1 Å². The summed E-state index contributed by atoms with van der Waals surface area (Å²) in [6.45, 7) is 1.00. The first-order valence-electron chi connectivity index (χ1n) is 8.81. The second-order valence-electron chi connectivity index (χ2n) is 6.41. The number of benzene rings is 2. The second kappa shape index (κ2) is 7.12. The topological polar surface area (TPSA) is 56.8 Å². The minimum atomic E-state index is -0.170. The van der Waals surface area contributed by atoms with Crippen LogP contribution in [0.4, 0.5) is 5.69 Å². The molecule has 0 bridgehead atoms. The Bertz CT molecular complexity index is 855. The van der Waals surface area contributed by atoms with Crippen molar-refractivity contribution < 1.29 is 19.0 Å². The van der Waals surface area contributed by atoms with E-state index in [4.69, 9.17) is 14.2 Å².